The van der Waals surface area contributed by atoms with Crippen LogP contribution < -0.4 is 10.5 Å². The van der Waals surface area contributed by atoms with E-state index in [0.717, 1.165) is 0 Å². The molecule has 1 heterocycles. The molecule has 0 unspecified atom stereocenters. The Kier molecular flexibility index (Phi) is 6.49. The second kappa shape index (κ2) is 8.38. The van der Waals surface area contributed by atoms with Gasteiger partial charge in [0.2, 0.25) is 0 Å². The van der Waals surface area contributed by atoms with Crippen molar-refractivity contribution in [3.63, 3.8) is 0 Å². The summed E-state index contributed by atoms with van der Waals surface area (Å²) in [7, 11) is 0. The highest BCUT2D eigenvalue weighted by molar-refractivity contribution is 6.30. The first kappa shape index (κ1) is 18.6. The van der Waals surface area contributed by atoms with Crippen molar-refractivity contribution in [3.05, 3.63) is 65.2 Å². The monoisotopic (exact) mass is 366 g/mol. The van der Waals surface area contributed by atoms with Crippen LogP contribution in [0, 0.1) is 0 Å². The molecule has 0 aromatic heterocycles. The Bertz CT molecular complexity index is 664. The quantitative estimate of drug-likeness (QED) is 0.904. The van der Waals surface area contributed by atoms with Crippen LogP contribution in [0.25, 0.3) is 0 Å². The average Bonchev–Trinajstić information content (AvgIpc) is 2.97. The van der Waals surface area contributed by atoms with Crippen LogP contribution in [0.15, 0.2) is 54.6 Å². The molecule has 0 aliphatic carbocycles. The summed E-state index contributed by atoms with van der Waals surface area (Å²) in [5.74, 6) is 0.760. The Labute approximate surface area is 153 Å². The molecule has 1 amide bonds. The molecule has 1 aliphatic heterocycles. The van der Waals surface area contributed by atoms with Crippen LogP contribution in [0.2, 0.25) is 5.02 Å². The molecule has 1 aliphatic rings. The second-order valence-electron chi connectivity index (χ2n) is 5.72. The maximum atomic E-state index is 12.3. The largest absolute Gasteiger partial charge is 0.484 e. The topological polar surface area (TPSA) is 55.6 Å². The van der Waals surface area contributed by atoms with Crippen LogP contribution in [-0.2, 0) is 4.79 Å². The van der Waals surface area contributed by atoms with Crippen molar-refractivity contribution >= 4 is 29.9 Å². The average molecular weight is 367 g/mol. The zero-order chi connectivity index (χ0) is 16.2. The molecule has 2 aromatic carbocycles. The van der Waals surface area contributed by atoms with Gasteiger partial charge in [-0.1, -0.05) is 41.9 Å². The summed E-state index contributed by atoms with van der Waals surface area (Å²) >= 11 is 5.82. The number of nitrogens with zero attached hydrogens (tertiary/aromatic N) is 1. The molecule has 4 nitrogen and oxygen atoms in total. The summed E-state index contributed by atoms with van der Waals surface area (Å²) in [5.41, 5.74) is 7.39. The van der Waals surface area contributed by atoms with Crippen LogP contribution in [0.1, 0.15) is 11.5 Å². The Morgan fingerprint density at radius 2 is 1.79 bits per heavy atom. The molecule has 24 heavy (non-hydrogen) atoms. The van der Waals surface area contributed by atoms with E-state index in [2.05, 4.69) is 12.1 Å². The minimum atomic E-state index is -0.0474. The van der Waals surface area contributed by atoms with Crippen LogP contribution in [0.5, 0.6) is 5.75 Å². The molecule has 0 saturated carbocycles. The van der Waals surface area contributed by atoms with Gasteiger partial charge < -0.3 is 15.4 Å². The molecule has 2 atom stereocenters. The first-order valence-electron chi connectivity index (χ1n) is 7.60. The second-order valence-corrected chi connectivity index (χ2v) is 6.16. The van der Waals surface area contributed by atoms with Gasteiger partial charge in [-0.15, -0.1) is 12.4 Å². The molecule has 0 spiro atoms. The number of carbonyl (C=O) groups excluding carboxylic acids is 1. The van der Waals surface area contributed by atoms with Gasteiger partial charge in [0.05, 0.1) is 0 Å². The highest BCUT2D eigenvalue weighted by atomic mass is 35.5. The fraction of sp³-hybridized carbons (Fsp3) is 0.278. The van der Waals surface area contributed by atoms with Crippen molar-refractivity contribution in [2.75, 3.05) is 19.7 Å². The summed E-state index contributed by atoms with van der Waals surface area (Å²) in [6, 6.07) is 17.0. The van der Waals surface area contributed by atoms with Crippen molar-refractivity contribution in [1.82, 2.24) is 4.90 Å². The normalized spacial score (nSPS) is 19.7. The molecule has 1 fully saturated rings. The third kappa shape index (κ3) is 4.41. The van der Waals surface area contributed by atoms with Crippen molar-refractivity contribution < 1.29 is 9.53 Å². The number of hydrogen-bond acceptors (Lipinski definition) is 3. The third-order valence-electron chi connectivity index (χ3n) is 4.12. The Hall–Kier alpha value is -1.75. The Balaban J connectivity index is 0.00000208. The molecule has 1 saturated heterocycles. The smallest absolute Gasteiger partial charge is 0.260 e. The number of carbonyl (C=O) groups is 1. The van der Waals surface area contributed by atoms with Gasteiger partial charge in [0.25, 0.3) is 5.91 Å². The number of benzene rings is 2. The standard InChI is InChI=1S/C18H19ClN2O2.ClH/c19-14-6-8-15(9-7-14)23-12-18(22)21-10-16(17(20)11-21)13-4-2-1-3-5-13;/h1-9,16-17H,10-12,20H2;1H/t16-,17+;/m0./s1. The zero-order valence-electron chi connectivity index (χ0n) is 13.1. The summed E-state index contributed by atoms with van der Waals surface area (Å²) in [6.07, 6.45) is 0. The van der Waals surface area contributed by atoms with E-state index in [-0.39, 0.29) is 36.9 Å². The van der Waals surface area contributed by atoms with Crippen molar-refractivity contribution in [3.8, 4) is 5.75 Å². The van der Waals surface area contributed by atoms with Crippen LogP contribution in [0.3, 0.4) is 0 Å². The first-order chi connectivity index (χ1) is 11.1. The molecule has 2 N–H and O–H groups in total. The van der Waals surface area contributed by atoms with E-state index < -0.39 is 0 Å². The van der Waals surface area contributed by atoms with E-state index in [9.17, 15) is 4.79 Å². The van der Waals surface area contributed by atoms with Crippen molar-refractivity contribution in [2.24, 2.45) is 5.73 Å². The predicted octanol–water partition coefficient (Wildman–Crippen LogP) is 3.09. The fourth-order valence-electron chi connectivity index (χ4n) is 2.85. The van der Waals surface area contributed by atoms with Crippen LogP contribution >= 0.6 is 24.0 Å². The van der Waals surface area contributed by atoms with E-state index in [0.29, 0.717) is 23.9 Å². The summed E-state index contributed by atoms with van der Waals surface area (Å²) in [4.78, 5) is 14.1. The van der Waals surface area contributed by atoms with Crippen LogP contribution in [0.4, 0.5) is 0 Å². The van der Waals surface area contributed by atoms with E-state index >= 15 is 0 Å². The molecule has 128 valence electrons. The van der Waals surface area contributed by atoms with Gasteiger partial charge in [-0.2, -0.15) is 0 Å². The zero-order valence-corrected chi connectivity index (χ0v) is 14.7. The Morgan fingerprint density at radius 3 is 2.46 bits per heavy atom. The third-order valence-corrected chi connectivity index (χ3v) is 4.37. The van der Waals surface area contributed by atoms with Crippen LogP contribution in [-0.4, -0.2) is 36.5 Å². The number of likely N-dealkylation sites (tertiary alicyclic amines) is 1. The number of ether oxygens (including phenoxy) is 1. The fourth-order valence-corrected chi connectivity index (χ4v) is 2.98. The lowest BCUT2D eigenvalue weighted by Gasteiger charge is -2.17. The maximum Gasteiger partial charge on any atom is 0.260 e. The van der Waals surface area contributed by atoms with Gasteiger partial charge in [0, 0.05) is 30.1 Å². The minimum absolute atomic E-state index is 0. The lowest BCUT2D eigenvalue weighted by molar-refractivity contribution is -0.132. The van der Waals surface area contributed by atoms with Gasteiger partial charge in [-0.25, -0.2) is 0 Å². The lowest BCUT2D eigenvalue weighted by atomic mass is 9.95. The Morgan fingerprint density at radius 1 is 1.12 bits per heavy atom. The molecule has 6 heteroatoms. The summed E-state index contributed by atoms with van der Waals surface area (Å²) < 4.78 is 5.52. The van der Waals surface area contributed by atoms with E-state index in [1.165, 1.54) is 5.56 Å². The molecular weight excluding hydrogens is 347 g/mol. The van der Waals surface area contributed by atoms with Gasteiger partial charge in [0.15, 0.2) is 6.61 Å². The number of nitrogens with two attached hydrogens (primary N) is 1. The van der Waals surface area contributed by atoms with E-state index in [1.54, 1.807) is 29.2 Å². The molecule has 0 bridgehead atoms. The molecule has 0 radical (unpaired) electrons. The van der Waals surface area contributed by atoms with E-state index in [1.807, 2.05) is 18.2 Å². The number of amides is 1. The van der Waals surface area contributed by atoms with Crippen molar-refractivity contribution in [1.29, 1.82) is 0 Å². The van der Waals surface area contributed by atoms with Gasteiger partial charge in [-0.3, -0.25) is 4.79 Å². The SMILES string of the molecule is Cl.N[C@@H]1CN(C(=O)COc2ccc(Cl)cc2)C[C@H]1c1ccccc1. The minimum Gasteiger partial charge on any atom is -0.484 e. The van der Waals surface area contributed by atoms with Gasteiger partial charge in [-0.05, 0) is 29.8 Å². The summed E-state index contributed by atoms with van der Waals surface area (Å²) in [5, 5.41) is 0.639. The first-order valence-corrected chi connectivity index (χ1v) is 7.98. The number of rotatable bonds is 4. The van der Waals surface area contributed by atoms with Gasteiger partial charge >= 0.3 is 0 Å². The highest BCUT2D eigenvalue weighted by Gasteiger charge is 2.33. The molecule has 2 aromatic rings. The van der Waals surface area contributed by atoms with E-state index in [4.69, 9.17) is 22.1 Å². The lowest BCUT2D eigenvalue weighted by Crippen LogP contribution is -2.35. The summed E-state index contributed by atoms with van der Waals surface area (Å²) in [6.45, 7) is 1.20. The predicted molar refractivity (Wildman–Crippen MR) is 97.9 cm³/mol. The van der Waals surface area contributed by atoms with Gasteiger partial charge in [0.1, 0.15) is 5.75 Å². The van der Waals surface area contributed by atoms with Crippen molar-refractivity contribution in [2.45, 2.75) is 12.0 Å². The maximum absolute atomic E-state index is 12.3. The molecule has 3 rings (SSSR count). The number of halogens is 2. The molecular formula is C18H20Cl2N2O2. The number of hydrogen-bond donors (Lipinski definition) is 1. The highest BCUT2D eigenvalue weighted by Crippen LogP contribution is 2.26.